The van der Waals surface area contributed by atoms with E-state index in [-0.39, 0.29) is 17.3 Å². The van der Waals surface area contributed by atoms with Crippen molar-refractivity contribution in [2.24, 2.45) is 10.2 Å². The second-order valence-corrected chi connectivity index (χ2v) is 6.75. The Labute approximate surface area is 162 Å². The quantitative estimate of drug-likeness (QED) is 0.568. The van der Waals surface area contributed by atoms with Crippen LogP contribution in [0, 0.1) is 11.6 Å². The maximum absolute atomic E-state index is 13.3. The molecule has 1 saturated heterocycles. The molecular formula is C18H13F2N3O4S. The summed E-state index contributed by atoms with van der Waals surface area (Å²) in [4.78, 5) is 22.4. The predicted octanol–water partition coefficient (Wildman–Crippen LogP) is 3.15. The van der Waals surface area contributed by atoms with Crippen molar-refractivity contribution in [1.82, 2.24) is 5.32 Å². The molecule has 10 heteroatoms. The zero-order valence-corrected chi connectivity index (χ0v) is 15.0. The summed E-state index contributed by atoms with van der Waals surface area (Å²) in [7, 11) is 0. The third-order valence-electron chi connectivity index (χ3n) is 3.52. The zero-order valence-electron chi connectivity index (χ0n) is 14.1. The third kappa shape index (κ3) is 4.92. The van der Waals surface area contributed by atoms with Crippen molar-refractivity contribution in [2.45, 2.75) is 11.7 Å². The van der Waals surface area contributed by atoms with Gasteiger partial charge < -0.3 is 15.2 Å². The van der Waals surface area contributed by atoms with Crippen molar-refractivity contribution in [2.75, 3.05) is 0 Å². The molecule has 1 aliphatic rings. The van der Waals surface area contributed by atoms with Crippen molar-refractivity contribution < 1.29 is 28.2 Å². The van der Waals surface area contributed by atoms with Gasteiger partial charge in [-0.2, -0.15) is 5.10 Å². The molecule has 7 nitrogen and oxygen atoms in total. The molecule has 2 N–H and O–H groups in total. The molecule has 2 aromatic carbocycles. The smallest absolute Gasteiger partial charge is 0.305 e. The summed E-state index contributed by atoms with van der Waals surface area (Å²) in [6, 6.07) is 9.89. The van der Waals surface area contributed by atoms with E-state index in [1.54, 1.807) is 24.3 Å². The molecule has 0 radical (unpaired) electrons. The van der Waals surface area contributed by atoms with Gasteiger partial charge >= 0.3 is 5.97 Å². The molecule has 1 atom stereocenters. The van der Waals surface area contributed by atoms with E-state index in [2.05, 4.69) is 15.5 Å². The average molecular weight is 405 g/mol. The number of thioether (sulfide) groups is 1. The highest BCUT2D eigenvalue weighted by atomic mass is 32.2. The number of amides is 1. The number of nitrogens with one attached hydrogen (secondary N) is 1. The van der Waals surface area contributed by atoms with E-state index < -0.39 is 28.8 Å². The summed E-state index contributed by atoms with van der Waals surface area (Å²) in [5.74, 6) is -3.08. The van der Waals surface area contributed by atoms with Gasteiger partial charge in [0.1, 0.15) is 16.7 Å². The highest BCUT2D eigenvalue weighted by molar-refractivity contribution is 8.15. The van der Waals surface area contributed by atoms with E-state index in [0.29, 0.717) is 11.3 Å². The Morgan fingerprint density at radius 2 is 2.04 bits per heavy atom. The molecule has 1 amide bonds. The number of aliphatic carboxylic acids is 1. The first-order valence-corrected chi connectivity index (χ1v) is 8.82. The second kappa shape index (κ2) is 8.61. The molecule has 1 fully saturated rings. The highest BCUT2D eigenvalue weighted by Gasteiger charge is 2.32. The number of carbonyl (C=O) groups is 2. The molecule has 2 aromatic rings. The summed E-state index contributed by atoms with van der Waals surface area (Å²) in [5, 5.41) is 18.4. The van der Waals surface area contributed by atoms with E-state index in [9.17, 15) is 18.4 Å². The predicted molar refractivity (Wildman–Crippen MR) is 99.7 cm³/mol. The molecular weight excluding hydrogens is 392 g/mol. The Bertz CT molecular complexity index is 981. The Morgan fingerprint density at radius 1 is 1.25 bits per heavy atom. The molecule has 0 bridgehead atoms. The van der Waals surface area contributed by atoms with Gasteiger partial charge in [0, 0.05) is 11.6 Å². The van der Waals surface area contributed by atoms with Crippen molar-refractivity contribution >= 4 is 35.0 Å². The minimum absolute atomic E-state index is 0.112. The number of nitrogens with zero attached hydrogens (tertiary/aromatic N) is 2. The maximum atomic E-state index is 13.3. The number of halogens is 2. The molecule has 0 aliphatic carbocycles. The summed E-state index contributed by atoms with van der Waals surface area (Å²) in [6.07, 6.45) is 1.05. The van der Waals surface area contributed by atoms with Crippen LogP contribution in [-0.4, -0.2) is 33.6 Å². The minimum atomic E-state index is -1.08. The number of carboxylic acids is 1. The lowest BCUT2D eigenvalue weighted by Gasteiger charge is -2.08. The molecule has 28 heavy (non-hydrogen) atoms. The third-order valence-corrected chi connectivity index (χ3v) is 4.59. The molecule has 1 heterocycles. The maximum Gasteiger partial charge on any atom is 0.305 e. The molecule has 1 aliphatic heterocycles. The zero-order chi connectivity index (χ0) is 20.1. The number of amidine groups is 1. The number of rotatable bonds is 6. The van der Waals surface area contributed by atoms with Crippen LogP contribution in [0.5, 0.6) is 11.5 Å². The van der Waals surface area contributed by atoms with Gasteiger partial charge in [-0.25, -0.2) is 8.78 Å². The molecule has 1 unspecified atom stereocenters. The van der Waals surface area contributed by atoms with E-state index >= 15 is 0 Å². The molecule has 0 spiro atoms. The van der Waals surface area contributed by atoms with E-state index in [1.807, 2.05) is 0 Å². The first kappa shape index (κ1) is 19.5. The average Bonchev–Trinajstić information content (AvgIpc) is 2.98. The van der Waals surface area contributed by atoms with Gasteiger partial charge in [-0.05, 0) is 24.3 Å². The second-order valence-electron chi connectivity index (χ2n) is 5.56. The van der Waals surface area contributed by atoms with Gasteiger partial charge in [-0.1, -0.05) is 23.9 Å². The minimum Gasteiger partial charge on any atom is -0.481 e. The van der Waals surface area contributed by atoms with E-state index in [0.717, 1.165) is 23.9 Å². The largest absolute Gasteiger partial charge is 0.481 e. The Kier molecular flexibility index (Phi) is 5.99. The lowest BCUT2D eigenvalue weighted by Crippen LogP contribution is -2.26. The molecule has 0 aromatic heterocycles. The Hall–Kier alpha value is -3.27. The number of ether oxygens (including phenoxy) is 1. The summed E-state index contributed by atoms with van der Waals surface area (Å²) >= 11 is 0.978. The fraction of sp³-hybridized carbons (Fsp3) is 0.111. The summed E-state index contributed by atoms with van der Waals surface area (Å²) < 4.78 is 31.9. The normalized spacial score (nSPS) is 17.9. The summed E-state index contributed by atoms with van der Waals surface area (Å²) in [5.41, 5.74) is 0.507. The van der Waals surface area contributed by atoms with Crippen molar-refractivity contribution in [3.05, 3.63) is 59.7 Å². The van der Waals surface area contributed by atoms with E-state index in [1.165, 1.54) is 12.3 Å². The van der Waals surface area contributed by atoms with E-state index in [4.69, 9.17) is 9.84 Å². The Balaban J connectivity index is 1.72. The number of benzene rings is 2. The van der Waals surface area contributed by atoms with Crippen LogP contribution in [0.4, 0.5) is 8.78 Å². The van der Waals surface area contributed by atoms with Crippen molar-refractivity contribution in [3.8, 4) is 11.5 Å². The van der Waals surface area contributed by atoms with Crippen LogP contribution in [0.25, 0.3) is 0 Å². The van der Waals surface area contributed by atoms with Crippen LogP contribution in [0.3, 0.4) is 0 Å². The Morgan fingerprint density at radius 3 is 2.79 bits per heavy atom. The van der Waals surface area contributed by atoms with Crippen molar-refractivity contribution in [3.63, 3.8) is 0 Å². The van der Waals surface area contributed by atoms with Gasteiger partial charge in [-0.3, -0.25) is 9.59 Å². The molecule has 0 saturated carbocycles. The fourth-order valence-corrected chi connectivity index (χ4v) is 3.15. The van der Waals surface area contributed by atoms with Gasteiger partial charge in [0.15, 0.2) is 16.8 Å². The number of carbonyl (C=O) groups excluding carboxylic acids is 1. The van der Waals surface area contributed by atoms with Crippen LogP contribution in [0.2, 0.25) is 0 Å². The number of para-hydroxylation sites is 1. The van der Waals surface area contributed by atoms with Crippen molar-refractivity contribution in [1.29, 1.82) is 0 Å². The van der Waals surface area contributed by atoms with Crippen LogP contribution in [0.1, 0.15) is 12.0 Å². The number of carboxylic acid groups (broad SMARTS) is 1. The lowest BCUT2D eigenvalue weighted by molar-refractivity contribution is -0.138. The lowest BCUT2D eigenvalue weighted by atomic mass is 10.2. The number of hydrogen-bond acceptors (Lipinski definition) is 6. The topological polar surface area (TPSA) is 100 Å². The highest BCUT2D eigenvalue weighted by Crippen LogP contribution is 2.26. The first-order valence-electron chi connectivity index (χ1n) is 7.94. The first-order chi connectivity index (χ1) is 13.4. The van der Waals surface area contributed by atoms with Gasteiger partial charge in [-0.15, -0.1) is 5.10 Å². The molecule has 3 rings (SSSR count). The number of hydrogen-bond donors (Lipinski definition) is 2. The monoisotopic (exact) mass is 405 g/mol. The molecule has 144 valence electrons. The van der Waals surface area contributed by atoms with Gasteiger partial charge in [0.2, 0.25) is 5.91 Å². The van der Waals surface area contributed by atoms with Crippen LogP contribution in [-0.2, 0) is 9.59 Å². The van der Waals surface area contributed by atoms with Crippen LogP contribution in [0.15, 0.2) is 52.7 Å². The van der Waals surface area contributed by atoms with Crippen LogP contribution < -0.4 is 10.1 Å². The van der Waals surface area contributed by atoms with Gasteiger partial charge in [0.25, 0.3) is 0 Å². The van der Waals surface area contributed by atoms with Gasteiger partial charge in [0.05, 0.1) is 12.6 Å². The SMILES string of the molecule is O=C(O)CC1SC(=NN=Cc2ccccc2Oc2ccc(F)c(F)c2)NC1=O. The fourth-order valence-electron chi connectivity index (χ4n) is 2.24. The standard InChI is InChI=1S/C18H13F2N3O4S/c19-12-6-5-11(7-13(12)20)27-14-4-2-1-3-10(14)9-21-23-18-22-17(26)15(28-18)8-16(24)25/h1-7,9,15H,8H2,(H,24,25)(H,22,23,26). The summed E-state index contributed by atoms with van der Waals surface area (Å²) in [6.45, 7) is 0. The van der Waals surface area contributed by atoms with Crippen LogP contribution >= 0.6 is 11.8 Å².